The highest BCUT2D eigenvalue weighted by Gasteiger charge is 2.24. The number of aliphatic hydroxyl groups is 1. The Hall–Kier alpha value is -1.17. The lowest BCUT2D eigenvalue weighted by atomic mass is 9.92. The van der Waals surface area contributed by atoms with Crippen molar-refractivity contribution in [3.63, 3.8) is 0 Å². The Bertz CT molecular complexity index is 543. The number of rotatable bonds is 6. The zero-order valence-electron chi connectivity index (χ0n) is 12.6. The van der Waals surface area contributed by atoms with Gasteiger partial charge in [-0.25, -0.2) is 0 Å². The number of aryl methyl sites for hydroxylation is 1. The summed E-state index contributed by atoms with van der Waals surface area (Å²) in [4.78, 5) is 1.18. The van der Waals surface area contributed by atoms with Crippen LogP contribution in [-0.2, 0) is 13.6 Å². The smallest absolute Gasteiger partial charge is 0.107 e. The second-order valence-corrected chi connectivity index (χ2v) is 6.72. The van der Waals surface area contributed by atoms with Crippen molar-refractivity contribution < 1.29 is 5.11 Å². The number of hydrogen-bond donors (Lipinski definition) is 2. The fourth-order valence-electron chi connectivity index (χ4n) is 1.94. The van der Waals surface area contributed by atoms with Gasteiger partial charge in [0.15, 0.2) is 0 Å². The molecular formula is C15H23N3OS. The van der Waals surface area contributed by atoms with Crippen LogP contribution < -0.4 is 5.32 Å². The van der Waals surface area contributed by atoms with E-state index in [4.69, 9.17) is 0 Å². The highest BCUT2D eigenvalue weighted by molar-refractivity contribution is 7.13. The fourth-order valence-corrected chi connectivity index (χ4v) is 2.69. The largest absolute Gasteiger partial charge is 0.389 e. The van der Waals surface area contributed by atoms with Gasteiger partial charge in [-0.2, -0.15) is 5.10 Å². The van der Waals surface area contributed by atoms with Gasteiger partial charge in [0, 0.05) is 31.9 Å². The van der Waals surface area contributed by atoms with Crippen molar-refractivity contribution in [3.8, 4) is 10.6 Å². The van der Waals surface area contributed by atoms with Crippen LogP contribution in [0.15, 0.2) is 23.7 Å². The van der Waals surface area contributed by atoms with E-state index >= 15 is 0 Å². The van der Waals surface area contributed by atoms with Gasteiger partial charge in [-0.15, -0.1) is 11.3 Å². The van der Waals surface area contributed by atoms with E-state index in [0.717, 1.165) is 11.3 Å². The molecule has 5 heteroatoms. The van der Waals surface area contributed by atoms with Crippen molar-refractivity contribution in [3.05, 3.63) is 29.3 Å². The van der Waals surface area contributed by atoms with Crippen molar-refractivity contribution in [2.45, 2.75) is 32.9 Å². The molecule has 20 heavy (non-hydrogen) atoms. The summed E-state index contributed by atoms with van der Waals surface area (Å²) < 4.78 is 1.84. The summed E-state index contributed by atoms with van der Waals surface area (Å²) in [5.74, 6) is 0.223. The molecule has 110 valence electrons. The van der Waals surface area contributed by atoms with Gasteiger partial charge in [0.25, 0.3) is 0 Å². The molecule has 0 saturated carbocycles. The monoisotopic (exact) mass is 293 g/mol. The van der Waals surface area contributed by atoms with Crippen molar-refractivity contribution in [1.82, 2.24) is 15.1 Å². The molecule has 4 nitrogen and oxygen atoms in total. The quantitative estimate of drug-likeness (QED) is 0.861. The lowest BCUT2D eigenvalue weighted by Crippen LogP contribution is -2.41. The van der Waals surface area contributed by atoms with Gasteiger partial charge in [0.05, 0.1) is 10.5 Å². The topological polar surface area (TPSA) is 50.1 Å². The Morgan fingerprint density at radius 1 is 1.50 bits per heavy atom. The Balaban J connectivity index is 2.04. The molecule has 1 atom stereocenters. The molecule has 1 unspecified atom stereocenters. The van der Waals surface area contributed by atoms with Gasteiger partial charge in [0.1, 0.15) is 5.69 Å². The molecule has 2 aromatic rings. The lowest BCUT2D eigenvalue weighted by Gasteiger charge is -2.27. The number of thiophene rings is 1. The molecule has 0 amide bonds. The molecule has 0 saturated heterocycles. The molecule has 0 radical (unpaired) electrons. The van der Waals surface area contributed by atoms with E-state index < -0.39 is 5.60 Å². The minimum Gasteiger partial charge on any atom is -0.389 e. The first-order valence-corrected chi connectivity index (χ1v) is 7.77. The molecule has 0 aromatic carbocycles. The number of nitrogens with zero attached hydrogens (tertiary/aromatic N) is 2. The predicted molar refractivity (Wildman–Crippen MR) is 83.7 cm³/mol. The van der Waals surface area contributed by atoms with E-state index in [1.807, 2.05) is 44.8 Å². The molecule has 2 heterocycles. The van der Waals surface area contributed by atoms with E-state index in [9.17, 15) is 5.11 Å². The Morgan fingerprint density at radius 2 is 2.25 bits per heavy atom. The molecule has 0 bridgehead atoms. The molecule has 0 fully saturated rings. The molecule has 0 spiro atoms. The van der Waals surface area contributed by atoms with E-state index in [2.05, 4.69) is 21.9 Å². The number of aromatic nitrogens is 2. The first-order chi connectivity index (χ1) is 9.40. The minimum atomic E-state index is -0.689. The first-order valence-electron chi connectivity index (χ1n) is 6.89. The van der Waals surface area contributed by atoms with Crippen molar-refractivity contribution in [2.24, 2.45) is 13.0 Å². The van der Waals surface area contributed by atoms with Gasteiger partial charge in [-0.1, -0.05) is 19.9 Å². The van der Waals surface area contributed by atoms with Crippen LogP contribution in [0.3, 0.4) is 0 Å². The van der Waals surface area contributed by atoms with Crippen molar-refractivity contribution in [1.29, 1.82) is 0 Å². The molecule has 2 N–H and O–H groups in total. The molecule has 2 aromatic heterocycles. The van der Waals surface area contributed by atoms with Crippen LogP contribution in [0.5, 0.6) is 0 Å². The van der Waals surface area contributed by atoms with Gasteiger partial charge >= 0.3 is 0 Å². The Labute approximate surface area is 124 Å². The molecule has 0 aliphatic carbocycles. The highest BCUT2D eigenvalue weighted by atomic mass is 32.1. The van der Waals surface area contributed by atoms with E-state index in [0.29, 0.717) is 13.1 Å². The van der Waals surface area contributed by atoms with Gasteiger partial charge in [-0.05, 0) is 24.3 Å². The second kappa shape index (κ2) is 6.08. The van der Waals surface area contributed by atoms with Crippen molar-refractivity contribution >= 4 is 11.3 Å². The Kier molecular flexibility index (Phi) is 4.62. The second-order valence-electron chi connectivity index (χ2n) is 5.77. The summed E-state index contributed by atoms with van der Waals surface area (Å²) in [6.45, 7) is 7.22. The fraction of sp³-hybridized carbons (Fsp3) is 0.533. The van der Waals surface area contributed by atoms with Crippen LogP contribution in [0.25, 0.3) is 10.6 Å². The average molecular weight is 293 g/mol. The van der Waals surface area contributed by atoms with Crippen LogP contribution in [0.2, 0.25) is 0 Å². The first kappa shape index (κ1) is 15.2. The maximum atomic E-state index is 10.2. The summed E-state index contributed by atoms with van der Waals surface area (Å²) in [5.41, 5.74) is 1.50. The average Bonchev–Trinajstić information content (AvgIpc) is 2.97. The van der Waals surface area contributed by atoms with E-state index in [1.54, 1.807) is 11.3 Å². The third kappa shape index (κ3) is 3.48. The molecule has 2 rings (SSSR count). The zero-order valence-corrected chi connectivity index (χ0v) is 13.4. The van der Waals surface area contributed by atoms with Gasteiger partial charge in [-0.3, -0.25) is 4.68 Å². The van der Waals surface area contributed by atoms with Crippen LogP contribution in [0.1, 0.15) is 26.3 Å². The van der Waals surface area contributed by atoms with Gasteiger partial charge < -0.3 is 10.4 Å². The zero-order chi connectivity index (χ0) is 14.8. The minimum absolute atomic E-state index is 0.223. The SMILES string of the molecule is CC(C)C(C)(O)CNCc1cn(C)nc1-c1cccs1. The standard InChI is InChI=1S/C15H23N3OS/c1-11(2)15(3,19)10-16-8-12-9-18(4)17-14(12)13-6-5-7-20-13/h5-7,9,11,16,19H,8,10H2,1-4H3. The van der Waals surface area contributed by atoms with E-state index in [1.165, 1.54) is 4.88 Å². The normalized spacial score (nSPS) is 14.7. The molecule has 0 aliphatic heterocycles. The number of nitrogens with one attached hydrogen (secondary N) is 1. The van der Waals surface area contributed by atoms with Crippen molar-refractivity contribution in [2.75, 3.05) is 6.54 Å². The van der Waals surface area contributed by atoms with E-state index in [-0.39, 0.29) is 5.92 Å². The van der Waals surface area contributed by atoms with Gasteiger partial charge in [0.2, 0.25) is 0 Å². The third-order valence-electron chi connectivity index (χ3n) is 3.70. The molecular weight excluding hydrogens is 270 g/mol. The maximum Gasteiger partial charge on any atom is 0.107 e. The molecule has 0 aliphatic rings. The summed E-state index contributed by atoms with van der Waals surface area (Å²) in [6.07, 6.45) is 2.03. The predicted octanol–water partition coefficient (Wildman–Crippen LogP) is 2.65. The Morgan fingerprint density at radius 3 is 2.85 bits per heavy atom. The van der Waals surface area contributed by atoms with Crippen LogP contribution >= 0.6 is 11.3 Å². The van der Waals surface area contributed by atoms with Crippen LogP contribution in [-0.4, -0.2) is 27.0 Å². The maximum absolute atomic E-state index is 10.2. The summed E-state index contributed by atoms with van der Waals surface area (Å²) in [6, 6.07) is 4.12. The third-order valence-corrected chi connectivity index (χ3v) is 4.58. The number of hydrogen-bond acceptors (Lipinski definition) is 4. The summed E-state index contributed by atoms with van der Waals surface area (Å²) in [7, 11) is 1.94. The highest BCUT2D eigenvalue weighted by Crippen LogP contribution is 2.26. The lowest BCUT2D eigenvalue weighted by molar-refractivity contribution is 0.0140. The summed E-state index contributed by atoms with van der Waals surface area (Å²) >= 11 is 1.69. The summed E-state index contributed by atoms with van der Waals surface area (Å²) in [5, 5.41) is 20.2. The van der Waals surface area contributed by atoms with Crippen LogP contribution in [0.4, 0.5) is 0 Å². The van der Waals surface area contributed by atoms with Crippen LogP contribution in [0, 0.1) is 5.92 Å².